The lowest BCUT2D eigenvalue weighted by atomic mass is 9.89. The van der Waals surface area contributed by atoms with E-state index in [-0.39, 0.29) is 11.5 Å². The Morgan fingerprint density at radius 2 is 1.62 bits per heavy atom. The zero-order valence-electron chi connectivity index (χ0n) is 13.6. The van der Waals surface area contributed by atoms with E-state index in [2.05, 4.69) is 0 Å². The molecule has 6 heteroatoms. The number of carboxylic acids is 1. The predicted molar refractivity (Wildman–Crippen MR) is 87.8 cm³/mol. The maximum atomic E-state index is 12.5. The van der Waals surface area contributed by atoms with Crippen LogP contribution >= 0.6 is 0 Å². The quantitative estimate of drug-likeness (QED) is 0.838. The third-order valence-corrected chi connectivity index (χ3v) is 4.89. The molecular weight excluding hydrogens is 308 g/mol. The molecule has 6 nitrogen and oxygen atoms in total. The Morgan fingerprint density at radius 1 is 0.958 bits per heavy atom. The summed E-state index contributed by atoms with van der Waals surface area (Å²) in [4.78, 5) is 39.2. The van der Waals surface area contributed by atoms with E-state index >= 15 is 0 Å². The van der Waals surface area contributed by atoms with Crippen LogP contribution in [0.2, 0.25) is 0 Å². The Balaban J connectivity index is 1.69. The molecule has 2 heterocycles. The fourth-order valence-electron chi connectivity index (χ4n) is 3.55. The fraction of sp³-hybridized carbons (Fsp3) is 0.500. The summed E-state index contributed by atoms with van der Waals surface area (Å²) < 4.78 is 0. The minimum absolute atomic E-state index is 0.0772. The fourth-order valence-corrected chi connectivity index (χ4v) is 3.55. The molecule has 2 fully saturated rings. The molecule has 0 radical (unpaired) electrons. The van der Waals surface area contributed by atoms with Crippen molar-refractivity contribution >= 4 is 17.8 Å². The predicted octanol–water partition coefficient (Wildman–Crippen LogP) is 1.71. The molecule has 1 aromatic carbocycles. The Hall–Kier alpha value is -2.37. The van der Waals surface area contributed by atoms with Crippen molar-refractivity contribution in [2.75, 3.05) is 26.2 Å². The standard InChI is InChI=1S/C18H22N2O4/c21-16(19-8-1-2-9-19)17(22)20-10-4-7-15(12-20)13-5-3-6-14(11-13)18(23)24/h3,5-6,11,15H,1-2,4,7-10,12H2,(H,23,24). The molecule has 0 aliphatic carbocycles. The van der Waals surface area contributed by atoms with Crippen LogP contribution in [0.3, 0.4) is 0 Å². The second kappa shape index (κ2) is 7.03. The summed E-state index contributed by atoms with van der Waals surface area (Å²) in [6.45, 7) is 2.40. The number of piperidine rings is 1. The molecule has 1 atom stereocenters. The highest BCUT2D eigenvalue weighted by atomic mass is 16.4. The second-order valence-corrected chi connectivity index (χ2v) is 6.52. The van der Waals surface area contributed by atoms with Gasteiger partial charge < -0.3 is 14.9 Å². The number of likely N-dealkylation sites (tertiary alicyclic amines) is 2. The van der Waals surface area contributed by atoms with Crippen molar-refractivity contribution in [1.82, 2.24) is 9.80 Å². The van der Waals surface area contributed by atoms with E-state index in [1.807, 2.05) is 6.07 Å². The monoisotopic (exact) mass is 330 g/mol. The van der Waals surface area contributed by atoms with E-state index in [1.54, 1.807) is 28.0 Å². The van der Waals surface area contributed by atoms with E-state index in [1.165, 1.54) is 0 Å². The summed E-state index contributed by atoms with van der Waals surface area (Å²) in [7, 11) is 0. The molecule has 3 rings (SSSR count). The Morgan fingerprint density at radius 3 is 2.33 bits per heavy atom. The van der Waals surface area contributed by atoms with Crippen molar-refractivity contribution < 1.29 is 19.5 Å². The van der Waals surface area contributed by atoms with Gasteiger partial charge in [0.25, 0.3) is 0 Å². The molecule has 2 amide bonds. The summed E-state index contributed by atoms with van der Waals surface area (Å²) in [6.07, 6.45) is 3.64. The van der Waals surface area contributed by atoms with Crippen molar-refractivity contribution in [3.05, 3.63) is 35.4 Å². The maximum Gasteiger partial charge on any atom is 0.335 e. The normalized spacial score (nSPS) is 20.9. The van der Waals surface area contributed by atoms with Crippen LogP contribution in [0.4, 0.5) is 0 Å². The zero-order valence-corrected chi connectivity index (χ0v) is 13.6. The van der Waals surface area contributed by atoms with Crippen molar-refractivity contribution in [3.63, 3.8) is 0 Å². The average molecular weight is 330 g/mol. The number of carbonyl (C=O) groups is 3. The van der Waals surface area contributed by atoms with Crippen LogP contribution in [-0.4, -0.2) is 58.9 Å². The third kappa shape index (κ3) is 3.42. The van der Waals surface area contributed by atoms with Crippen LogP contribution in [-0.2, 0) is 9.59 Å². The van der Waals surface area contributed by atoms with Crippen LogP contribution in [0, 0.1) is 0 Å². The first-order valence-corrected chi connectivity index (χ1v) is 8.47. The van der Waals surface area contributed by atoms with E-state index in [0.29, 0.717) is 26.2 Å². The van der Waals surface area contributed by atoms with Crippen LogP contribution in [0.25, 0.3) is 0 Å². The minimum Gasteiger partial charge on any atom is -0.478 e. The lowest BCUT2D eigenvalue weighted by Gasteiger charge is -2.33. The molecular formula is C18H22N2O4. The number of carbonyl (C=O) groups excluding carboxylic acids is 2. The van der Waals surface area contributed by atoms with Gasteiger partial charge in [0.15, 0.2) is 0 Å². The van der Waals surface area contributed by atoms with Gasteiger partial charge in [-0.25, -0.2) is 4.79 Å². The highest BCUT2D eigenvalue weighted by molar-refractivity contribution is 6.35. The van der Waals surface area contributed by atoms with Gasteiger partial charge in [-0.05, 0) is 43.4 Å². The van der Waals surface area contributed by atoms with Crippen LogP contribution in [0.1, 0.15) is 47.5 Å². The van der Waals surface area contributed by atoms with Crippen LogP contribution in [0.5, 0.6) is 0 Å². The molecule has 0 bridgehead atoms. The van der Waals surface area contributed by atoms with Gasteiger partial charge in [-0.3, -0.25) is 9.59 Å². The molecule has 0 spiro atoms. The molecule has 0 aromatic heterocycles. The number of carboxylic acid groups (broad SMARTS) is 1. The van der Waals surface area contributed by atoms with Gasteiger partial charge in [0.2, 0.25) is 0 Å². The minimum atomic E-state index is -0.954. The summed E-state index contributed by atoms with van der Waals surface area (Å²) in [5, 5.41) is 9.13. The smallest absolute Gasteiger partial charge is 0.335 e. The lowest BCUT2D eigenvalue weighted by molar-refractivity contribution is -0.151. The molecule has 24 heavy (non-hydrogen) atoms. The second-order valence-electron chi connectivity index (χ2n) is 6.52. The van der Waals surface area contributed by atoms with Gasteiger partial charge >= 0.3 is 17.8 Å². The summed E-state index contributed by atoms with van der Waals surface area (Å²) >= 11 is 0. The first-order valence-electron chi connectivity index (χ1n) is 8.47. The number of hydrogen-bond donors (Lipinski definition) is 1. The van der Waals surface area contributed by atoms with Crippen molar-refractivity contribution in [2.24, 2.45) is 0 Å². The van der Waals surface area contributed by atoms with Crippen molar-refractivity contribution in [1.29, 1.82) is 0 Å². The molecule has 2 aliphatic rings. The average Bonchev–Trinajstić information content (AvgIpc) is 3.15. The number of rotatable bonds is 2. The summed E-state index contributed by atoms with van der Waals surface area (Å²) in [6, 6.07) is 6.86. The highest BCUT2D eigenvalue weighted by Gasteiger charge is 2.32. The first-order chi connectivity index (χ1) is 11.6. The van der Waals surface area contributed by atoms with Crippen molar-refractivity contribution in [2.45, 2.75) is 31.6 Å². The molecule has 2 aliphatic heterocycles. The first kappa shape index (κ1) is 16.5. The number of aromatic carboxylic acids is 1. The summed E-state index contributed by atoms with van der Waals surface area (Å²) in [5.74, 6) is -1.69. The van der Waals surface area contributed by atoms with Gasteiger partial charge in [0.05, 0.1) is 5.56 Å². The van der Waals surface area contributed by atoms with Gasteiger partial charge in [-0.2, -0.15) is 0 Å². The molecule has 0 saturated carbocycles. The molecule has 1 aromatic rings. The van der Waals surface area contributed by atoms with E-state index in [9.17, 15) is 14.4 Å². The number of benzene rings is 1. The highest BCUT2D eigenvalue weighted by Crippen LogP contribution is 2.28. The number of hydrogen-bond acceptors (Lipinski definition) is 3. The Kier molecular flexibility index (Phi) is 4.83. The van der Waals surface area contributed by atoms with E-state index < -0.39 is 17.8 Å². The molecule has 1 N–H and O–H groups in total. The van der Waals surface area contributed by atoms with Gasteiger partial charge in [0.1, 0.15) is 0 Å². The van der Waals surface area contributed by atoms with E-state index in [4.69, 9.17) is 5.11 Å². The summed E-state index contributed by atoms with van der Waals surface area (Å²) in [5.41, 5.74) is 1.17. The van der Waals surface area contributed by atoms with Gasteiger partial charge in [-0.15, -0.1) is 0 Å². The Labute approximate surface area is 141 Å². The molecule has 2 saturated heterocycles. The number of amides is 2. The molecule has 128 valence electrons. The topological polar surface area (TPSA) is 77.9 Å². The lowest BCUT2D eigenvalue weighted by Crippen LogP contribution is -2.47. The van der Waals surface area contributed by atoms with Crippen LogP contribution in [0.15, 0.2) is 24.3 Å². The van der Waals surface area contributed by atoms with Crippen molar-refractivity contribution in [3.8, 4) is 0 Å². The largest absolute Gasteiger partial charge is 0.478 e. The van der Waals surface area contributed by atoms with Gasteiger partial charge in [0, 0.05) is 32.1 Å². The zero-order chi connectivity index (χ0) is 17.1. The maximum absolute atomic E-state index is 12.5. The third-order valence-electron chi connectivity index (χ3n) is 4.89. The Bertz CT molecular complexity index is 652. The van der Waals surface area contributed by atoms with Gasteiger partial charge in [-0.1, -0.05) is 12.1 Å². The van der Waals surface area contributed by atoms with E-state index in [0.717, 1.165) is 31.2 Å². The number of nitrogens with zero attached hydrogens (tertiary/aromatic N) is 2. The molecule has 1 unspecified atom stereocenters. The SMILES string of the molecule is O=C(O)c1cccc(C2CCCN(C(=O)C(=O)N3CCCC3)C2)c1. The van der Waals surface area contributed by atoms with Crippen LogP contribution < -0.4 is 0 Å².